The van der Waals surface area contributed by atoms with Crippen molar-refractivity contribution >= 4 is 20.1 Å². The summed E-state index contributed by atoms with van der Waals surface area (Å²) in [6.07, 6.45) is 0.997. The smallest absolute Gasteiger partial charge is 0.192 e. The first-order chi connectivity index (χ1) is 9.21. The summed E-state index contributed by atoms with van der Waals surface area (Å²) >= 11 is 1.99. The van der Waals surface area contributed by atoms with Gasteiger partial charge in [-0.05, 0) is 32.0 Å². The molecule has 1 saturated heterocycles. The molecular formula is C15H32O3SSi. The van der Waals surface area contributed by atoms with Gasteiger partial charge in [-0.25, -0.2) is 0 Å². The van der Waals surface area contributed by atoms with Gasteiger partial charge in [0.15, 0.2) is 14.6 Å². The summed E-state index contributed by atoms with van der Waals surface area (Å²) in [5, 5.41) is 0.880. The van der Waals surface area contributed by atoms with Crippen LogP contribution in [0.25, 0.3) is 0 Å². The Morgan fingerprint density at radius 2 is 1.65 bits per heavy atom. The van der Waals surface area contributed by atoms with Crippen LogP contribution in [0.2, 0.25) is 18.1 Å². The monoisotopic (exact) mass is 320 g/mol. The lowest BCUT2D eigenvalue weighted by atomic mass is 10.2. The van der Waals surface area contributed by atoms with Gasteiger partial charge in [0.25, 0.3) is 0 Å². The summed E-state index contributed by atoms with van der Waals surface area (Å²) in [5.74, 6) is 1.21. The molecule has 0 unspecified atom stereocenters. The molecule has 0 aromatic rings. The van der Waals surface area contributed by atoms with Gasteiger partial charge in [0, 0.05) is 30.6 Å². The summed E-state index contributed by atoms with van der Waals surface area (Å²) in [7, 11) is -1.73. The minimum Gasteiger partial charge on any atom is -0.413 e. The SMILES string of the molecule is CCOC(C[C@H](O[Si](C)(C)C(C)(C)C)[C@H]1CS1)OCC. The molecule has 2 atom stereocenters. The molecule has 5 heteroatoms. The summed E-state index contributed by atoms with van der Waals surface area (Å²) in [6, 6.07) is 0. The molecule has 0 N–H and O–H groups in total. The van der Waals surface area contributed by atoms with Crippen molar-refractivity contribution in [3.63, 3.8) is 0 Å². The van der Waals surface area contributed by atoms with Gasteiger partial charge in [-0.15, -0.1) is 0 Å². The number of thioether (sulfide) groups is 1. The van der Waals surface area contributed by atoms with Gasteiger partial charge in [0.2, 0.25) is 0 Å². The molecule has 1 heterocycles. The molecule has 0 amide bonds. The van der Waals surface area contributed by atoms with Crippen LogP contribution in [0.4, 0.5) is 0 Å². The first-order valence-corrected chi connectivity index (χ1v) is 11.7. The molecule has 1 fully saturated rings. The average Bonchev–Trinajstić information content (AvgIpc) is 3.10. The van der Waals surface area contributed by atoms with Gasteiger partial charge in [0.1, 0.15) is 0 Å². The number of ether oxygens (including phenoxy) is 2. The Morgan fingerprint density at radius 3 is 2.00 bits per heavy atom. The predicted molar refractivity (Wildman–Crippen MR) is 90.0 cm³/mol. The zero-order valence-electron chi connectivity index (χ0n) is 14.2. The molecule has 0 aromatic heterocycles. The topological polar surface area (TPSA) is 27.7 Å². The quantitative estimate of drug-likeness (QED) is 0.360. The van der Waals surface area contributed by atoms with Crippen molar-refractivity contribution in [1.82, 2.24) is 0 Å². The third-order valence-corrected chi connectivity index (χ3v) is 9.68. The van der Waals surface area contributed by atoms with Gasteiger partial charge in [-0.2, -0.15) is 11.8 Å². The van der Waals surface area contributed by atoms with Gasteiger partial charge in [-0.3, -0.25) is 0 Å². The fourth-order valence-corrected chi connectivity index (χ4v) is 4.02. The summed E-state index contributed by atoms with van der Waals surface area (Å²) < 4.78 is 18.0. The minimum absolute atomic E-state index is 0.124. The first-order valence-electron chi connectivity index (χ1n) is 7.74. The maximum atomic E-state index is 6.61. The van der Waals surface area contributed by atoms with E-state index in [0.717, 1.165) is 6.42 Å². The second-order valence-corrected chi connectivity index (χ2v) is 12.9. The Bertz CT molecular complexity index is 281. The van der Waals surface area contributed by atoms with Gasteiger partial charge in [0.05, 0.1) is 6.10 Å². The van der Waals surface area contributed by atoms with Gasteiger partial charge < -0.3 is 13.9 Å². The Balaban J connectivity index is 2.64. The van der Waals surface area contributed by atoms with E-state index in [1.807, 2.05) is 25.6 Å². The van der Waals surface area contributed by atoms with Crippen LogP contribution < -0.4 is 0 Å². The minimum atomic E-state index is -1.73. The highest BCUT2D eigenvalue weighted by Gasteiger charge is 2.44. The molecule has 20 heavy (non-hydrogen) atoms. The molecule has 1 aliphatic heterocycles. The summed E-state index contributed by atoms with van der Waals surface area (Å²) in [4.78, 5) is 0. The molecule has 0 saturated carbocycles. The number of rotatable bonds is 9. The first kappa shape index (κ1) is 18.5. The van der Waals surface area contributed by atoms with Crippen molar-refractivity contribution < 1.29 is 13.9 Å². The van der Waals surface area contributed by atoms with Crippen LogP contribution in [0, 0.1) is 0 Å². The van der Waals surface area contributed by atoms with E-state index in [1.54, 1.807) is 0 Å². The second kappa shape index (κ2) is 7.63. The van der Waals surface area contributed by atoms with E-state index in [4.69, 9.17) is 13.9 Å². The van der Waals surface area contributed by atoms with E-state index in [1.165, 1.54) is 5.75 Å². The summed E-state index contributed by atoms with van der Waals surface area (Å²) in [6.45, 7) is 16.9. The van der Waals surface area contributed by atoms with Gasteiger partial charge >= 0.3 is 0 Å². The van der Waals surface area contributed by atoms with Crippen molar-refractivity contribution in [2.24, 2.45) is 0 Å². The molecule has 0 aromatic carbocycles. The molecule has 1 aliphatic rings. The van der Waals surface area contributed by atoms with E-state index in [-0.39, 0.29) is 17.4 Å². The van der Waals surface area contributed by atoms with E-state index >= 15 is 0 Å². The molecular weight excluding hydrogens is 288 g/mol. The van der Waals surface area contributed by atoms with E-state index in [2.05, 4.69) is 33.9 Å². The Labute approximate surface area is 130 Å². The molecule has 120 valence electrons. The Kier molecular flexibility index (Phi) is 7.06. The maximum absolute atomic E-state index is 6.61. The lowest BCUT2D eigenvalue weighted by Gasteiger charge is -2.40. The van der Waals surface area contributed by atoms with Crippen molar-refractivity contribution in [2.75, 3.05) is 19.0 Å². The largest absolute Gasteiger partial charge is 0.413 e. The molecule has 3 nitrogen and oxygen atoms in total. The third kappa shape index (κ3) is 5.68. The predicted octanol–water partition coefficient (Wildman–Crippen LogP) is 4.28. The molecule has 1 rings (SSSR count). The zero-order valence-corrected chi connectivity index (χ0v) is 16.0. The van der Waals surface area contributed by atoms with Crippen molar-refractivity contribution in [2.45, 2.75) is 76.8 Å². The lowest BCUT2D eigenvalue weighted by Crippen LogP contribution is -2.46. The normalized spacial score (nSPS) is 21.3. The van der Waals surface area contributed by atoms with Crippen LogP contribution in [-0.2, 0) is 13.9 Å². The Hall–Kier alpha value is 0.447. The van der Waals surface area contributed by atoms with Crippen LogP contribution >= 0.6 is 11.8 Å². The van der Waals surface area contributed by atoms with Crippen molar-refractivity contribution in [3.05, 3.63) is 0 Å². The average molecular weight is 321 g/mol. The highest BCUT2D eigenvalue weighted by molar-refractivity contribution is 8.06. The maximum Gasteiger partial charge on any atom is 0.192 e. The van der Waals surface area contributed by atoms with E-state index in [0.29, 0.717) is 18.5 Å². The molecule has 0 aliphatic carbocycles. The second-order valence-electron chi connectivity index (χ2n) is 6.86. The van der Waals surface area contributed by atoms with Crippen molar-refractivity contribution in [3.8, 4) is 0 Å². The highest BCUT2D eigenvalue weighted by atomic mass is 32.2. The van der Waals surface area contributed by atoms with Crippen molar-refractivity contribution in [1.29, 1.82) is 0 Å². The fourth-order valence-electron chi connectivity index (χ4n) is 1.85. The van der Waals surface area contributed by atoms with E-state index < -0.39 is 8.32 Å². The highest BCUT2D eigenvalue weighted by Crippen LogP contribution is 2.43. The number of hydrogen-bond acceptors (Lipinski definition) is 4. The molecule has 0 spiro atoms. The third-order valence-electron chi connectivity index (χ3n) is 4.16. The van der Waals surface area contributed by atoms with Gasteiger partial charge in [-0.1, -0.05) is 20.8 Å². The lowest BCUT2D eigenvalue weighted by molar-refractivity contribution is -0.150. The summed E-state index contributed by atoms with van der Waals surface area (Å²) in [5.41, 5.74) is 0. The van der Waals surface area contributed by atoms with Crippen LogP contribution in [0.3, 0.4) is 0 Å². The van der Waals surface area contributed by atoms with E-state index in [9.17, 15) is 0 Å². The standard InChI is InChI=1S/C15H32O3SSi/c1-8-16-14(17-9-2)10-12(13-11-19-13)18-20(6,7)15(3,4)5/h12-14H,8-11H2,1-7H3/t12-,13+/m0/s1. The van der Waals surface area contributed by atoms with Crippen LogP contribution in [0.5, 0.6) is 0 Å². The van der Waals surface area contributed by atoms with Crippen LogP contribution in [0.15, 0.2) is 0 Å². The molecule has 0 bridgehead atoms. The van der Waals surface area contributed by atoms with Crippen LogP contribution in [0.1, 0.15) is 41.0 Å². The Morgan fingerprint density at radius 1 is 1.15 bits per heavy atom. The number of hydrogen-bond donors (Lipinski definition) is 0. The fraction of sp³-hybridized carbons (Fsp3) is 1.00. The molecule has 0 radical (unpaired) electrons. The van der Waals surface area contributed by atoms with Crippen LogP contribution in [-0.4, -0.2) is 44.9 Å². The zero-order chi connectivity index (χ0) is 15.4.